The molecule has 0 bridgehead atoms. The van der Waals surface area contributed by atoms with Gasteiger partial charge in [0.2, 0.25) is 5.91 Å². The molecule has 0 unspecified atom stereocenters. The number of rotatable bonds is 5. The van der Waals surface area contributed by atoms with Crippen LogP contribution in [0.1, 0.15) is 18.7 Å². The molecule has 1 atom stereocenters. The molecule has 1 aromatic heterocycles. The maximum absolute atomic E-state index is 13.1. The Bertz CT molecular complexity index is 845. The van der Waals surface area contributed by atoms with Gasteiger partial charge in [0.1, 0.15) is 11.3 Å². The van der Waals surface area contributed by atoms with Crippen LogP contribution in [-0.4, -0.2) is 11.7 Å². The smallest absolute Gasteiger partial charge is 0.230 e. The van der Waals surface area contributed by atoms with Crippen LogP contribution in [0.5, 0.6) is 0 Å². The molecule has 1 heterocycles. The number of halogens is 2. The van der Waals surface area contributed by atoms with Crippen LogP contribution in [0.3, 0.4) is 0 Å². The first kappa shape index (κ1) is 16.5. The van der Waals surface area contributed by atoms with Gasteiger partial charge in [-0.25, -0.2) is 8.78 Å². The number of hydrogen-bond donors (Lipinski definition) is 1. The summed E-state index contributed by atoms with van der Waals surface area (Å²) in [7, 11) is 0. The predicted molar refractivity (Wildman–Crippen MR) is 89.9 cm³/mol. The number of carbonyl (C=O) groups excluding carboxylic acids is 1. The van der Waals surface area contributed by atoms with E-state index in [1.54, 1.807) is 0 Å². The molecule has 0 fully saturated rings. The molecule has 3 rings (SSSR count). The minimum Gasteiger partial charge on any atom is -0.459 e. The van der Waals surface area contributed by atoms with E-state index >= 15 is 0 Å². The molecule has 1 N–H and O–H groups in total. The Kier molecular flexibility index (Phi) is 4.85. The zero-order chi connectivity index (χ0) is 17.1. The number of para-hydroxylation sites is 1. The van der Waals surface area contributed by atoms with Gasteiger partial charge < -0.3 is 9.73 Å². The minimum absolute atomic E-state index is 0.107. The minimum atomic E-state index is -0.920. The Morgan fingerprint density at radius 1 is 1.17 bits per heavy atom. The van der Waals surface area contributed by atoms with Crippen LogP contribution in [0.4, 0.5) is 8.78 Å². The topological polar surface area (TPSA) is 42.2 Å². The normalized spacial score (nSPS) is 12.3. The van der Waals surface area contributed by atoms with Crippen LogP contribution in [0.15, 0.2) is 57.8 Å². The van der Waals surface area contributed by atoms with Gasteiger partial charge in [-0.2, -0.15) is 0 Å². The van der Waals surface area contributed by atoms with E-state index in [1.165, 1.54) is 6.07 Å². The summed E-state index contributed by atoms with van der Waals surface area (Å²) >= 11 is 1.14. The summed E-state index contributed by atoms with van der Waals surface area (Å²) in [5, 5.41) is 3.81. The van der Waals surface area contributed by atoms with Crippen molar-refractivity contribution in [2.45, 2.75) is 17.9 Å². The van der Waals surface area contributed by atoms with E-state index in [4.69, 9.17) is 4.42 Å². The summed E-state index contributed by atoms with van der Waals surface area (Å²) in [6.07, 6.45) is 0. The molecule has 0 saturated heterocycles. The summed E-state index contributed by atoms with van der Waals surface area (Å²) in [4.78, 5) is 12.5. The fourth-order valence-electron chi connectivity index (χ4n) is 2.29. The molecule has 6 heteroatoms. The maximum atomic E-state index is 13.1. The Morgan fingerprint density at radius 2 is 1.96 bits per heavy atom. The number of furan rings is 1. The Hall–Kier alpha value is -2.34. The van der Waals surface area contributed by atoms with Gasteiger partial charge in [0, 0.05) is 10.3 Å². The molecule has 0 aliphatic rings. The van der Waals surface area contributed by atoms with E-state index in [1.807, 2.05) is 37.3 Å². The summed E-state index contributed by atoms with van der Waals surface area (Å²) in [5.41, 5.74) is 0.768. The monoisotopic (exact) mass is 347 g/mol. The van der Waals surface area contributed by atoms with Gasteiger partial charge in [-0.1, -0.05) is 18.2 Å². The van der Waals surface area contributed by atoms with Crippen LogP contribution in [0.25, 0.3) is 11.0 Å². The van der Waals surface area contributed by atoms with Crippen molar-refractivity contribution in [3.8, 4) is 0 Å². The van der Waals surface area contributed by atoms with Crippen molar-refractivity contribution in [1.82, 2.24) is 5.32 Å². The Labute approximate surface area is 142 Å². The highest BCUT2D eigenvalue weighted by atomic mass is 32.2. The zero-order valence-electron chi connectivity index (χ0n) is 12.9. The van der Waals surface area contributed by atoms with Gasteiger partial charge in [0.25, 0.3) is 0 Å². The van der Waals surface area contributed by atoms with Gasteiger partial charge >= 0.3 is 0 Å². The molecular weight excluding hydrogens is 332 g/mol. The van der Waals surface area contributed by atoms with E-state index in [0.717, 1.165) is 34.9 Å². The lowest BCUT2D eigenvalue weighted by Gasteiger charge is -2.11. The van der Waals surface area contributed by atoms with E-state index in [2.05, 4.69) is 5.32 Å². The lowest BCUT2D eigenvalue weighted by atomic mass is 10.2. The number of amides is 1. The van der Waals surface area contributed by atoms with Crippen molar-refractivity contribution >= 4 is 28.6 Å². The number of fused-ring (bicyclic) bond motifs is 1. The van der Waals surface area contributed by atoms with Gasteiger partial charge in [-0.05, 0) is 37.3 Å². The zero-order valence-corrected chi connectivity index (χ0v) is 13.7. The van der Waals surface area contributed by atoms with Crippen LogP contribution < -0.4 is 5.32 Å². The highest BCUT2D eigenvalue weighted by Crippen LogP contribution is 2.24. The van der Waals surface area contributed by atoms with Crippen molar-refractivity contribution in [2.75, 3.05) is 5.75 Å². The molecule has 0 saturated carbocycles. The second-order valence-corrected chi connectivity index (χ2v) is 6.39. The molecule has 0 aliphatic heterocycles. The number of benzene rings is 2. The van der Waals surface area contributed by atoms with Gasteiger partial charge in [0.05, 0.1) is 11.8 Å². The average Bonchev–Trinajstić information content (AvgIpc) is 3.00. The van der Waals surface area contributed by atoms with Gasteiger partial charge in [-0.15, -0.1) is 11.8 Å². The number of carbonyl (C=O) groups is 1. The van der Waals surface area contributed by atoms with Crippen molar-refractivity contribution in [3.63, 3.8) is 0 Å². The molecule has 3 aromatic rings. The second-order valence-electron chi connectivity index (χ2n) is 5.34. The van der Waals surface area contributed by atoms with Crippen molar-refractivity contribution in [3.05, 3.63) is 65.9 Å². The Morgan fingerprint density at radius 3 is 2.71 bits per heavy atom. The third-order valence-corrected chi connectivity index (χ3v) is 4.50. The van der Waals surface area contributed by atoms with Gasteiger partial charge in [-0.3, -0.25) is 4.79 Å². The third-order valence-electron chi connectivity index (χ3n) is 3.51. The number of nitrogens with one attached hydrogen (secondary N) is 1. The SMILES string of the molecule is C[C@H](NC(=O)CSc1ccc(F)c(F)c1)c1cc2ccccc2o1. The fraction of sp³-hybridized carbons (Fsp3) is 0.167. The van der Waals surface area contributed by atoms with Crippen molar-refractivity contribution < 1.29 is 18.0 Å². The highest BCUT2D eigenvalue weighted by Gasteiger charge is 2.14. The predicted octanol–water partition coefficient (Wildman–Crippen LogP) is 4.68. The first-order valence-corrected chi connectivity index (χ1v) is 8.37. The lowest BCUT2D eigenvalue weighted by Crippen LogP contribution is -2.27. The second kappa shape index (κ2) is 7.05. The van der Waals surface area contributed by atoms with E-state index in [-0.39, 0.29) is 17.7 Å². The van der Waals surface area contributed by atoms with E-state index in [0.29, 0.717) is 10.7 Å². The summed E-state index contributed by atoms with van der Waals surface area (Å²) in [5.74, 6) is -1.26. The standard InChI is InChI=1S/C18H15F2NO2S/c1-11(17-8-12-4-2-3-5-16(12)23-17)21-18(22)10-24-13-6-7-14(19)15(20)9-13/h2-9,11H,10H2,1H3,(H,21,22)/t11-/m0/s1. The molecule has 24 heavy (non-hydrogen) atoms. The van der Waals surface area contributed by atoms with Crippen LogP contribution in [-0.2, 0) is 4.79 Å². The Balaban J connectivity index is 1.58. The summed E-state index contributed by atoms with van der Waals surface area (Å²) in [6, 6.07) is 12.8. The summed E-state index contributed by atoms with van der Waals surface area (Å²) < 4.78 is 31.7. The highest BCUT2D eigenvalue weighted by molar-refractivity contribution is 8.00. The molecule has 3 nitrogen and oxygen atoms in total. The molecule has 0 radical (unpaired) electrons. The summed E-state index contributed by atoms with van der Waals surface area (Å²) in [6.45, 7) is 1.83. The van der Waals surface area contributed by atoms with Crippen LogP contribution in [0, 0.1) is 11.6 Å². The third kappa shape index (κ3) is 3.76. The first-order valence-electron chi connectivity index (χ1n) is 7.38. The van der Waals surface area contributed by atoms with Crippen LogP contribution >= 0.6 is 11.8 Å². The van der Waals surface area contributed by atoms with Crippen LogP contribution in [0.2, 0.25) is 0 Å². The molecule has 2 aromatic carbocycles. The quantitative estimate of drug-likeness (QED) is 0.682. The van der Waals surface area contributed by atoms with E-state index < -0.39 is 11.6 Å². The lowest BCUT2D eigenvalue weighted by molar-refractivity contribution is -0.119. The first-order chi connectivity index (χ1) is 11.5. The van der Waals surface area contributed by atoms with Crippen molar-refractivity contribution in [1.29, 1.82) is 0 Å². The molecular formula is C18H15F2NO2S. The molecule has 124 valence electrons. The molecule has 0 aliphatic carbocycles. The number of thioether (sulfide) groups is 1. The fourth-order valence-corrected chi connectivity index (χ4v) is 3.02. The molecule has 1 amide bonds. The average molecular weight is 347 g/mol. The largest absolute Gasteiger partial charge is 0.459 e. The molecule has 0 spiro atoms. The number of hydrogen-bond acceptors (Lipinski definition) is 3. The maximum Gasteiger partial charge on any atom is 0.230 e. The van der Waals surface area contributed by atoms with E-state index in [9.17, 15) is 13.6 Å². The van der Waals surface area contributed by atoms with Crippen molar-refractivity contribution in [2.24, 2.45) is 0 Å². The van der Waals surface area contributed by atoms with Gasteiger partial charge in [0.15, 0.2) is 11.6 Å².